The van der Waals surface area contributed by atoms with Gasteiger partial charge >= 0.3 is 6.01 Å². The number of hydrogen-bond donors (Lipinski definition) is 0. The summed E-state index contributed by atoms with van der Waals surface area (Å²) in [6.45, 7) is 2.20. The van der Waals surface area contributed by atoms with Crippen molar-refractivity contribution >= 4 is 5.78 Å². The number of piperidine rings is 1. The van der Waals surface area contributed by atoms with E-state index in [-0.39, 0.29) is 35.7 Å². The second-order valence-corrected chi connectivity index (χ2v) is 7.32. The average Bonchev–Trinajstić information content (AvgIpc) is 2.73. The number of methoxy groups -OCH3 is 2. The molecule has 1 aromatic carbocycles. The number of nitrogens with zero attached hydrogens (tertiary/aromatic N) is 3. The normalized spacial score (nSPS) is 24.6. The van der Waals surface area contributed by atoms with E-state index in [9.17, 15) is 4.79 Å². The molecule has 4 rings (SSSR count). The summed E-state index contributed by atoms with van der Waals surface area (Å²) >= 11 is 0. The van der Waals surface area contributed by atoms with E-state index < -0.39 is 0 Å². The van der Waals surface area contributed by atoms with Crippen LogP contribution in [0.3, 0.4) is 0 Å². The molecular weight excluding hydrogens is 358 g/mol. The van der Waals surface area contributed by atoms with E-state index in [0.717, 1.165) is 19.4 Å². The molecule has 2 atom stereocenters. The third-order valence-electron chi connectivity index (χ3n) is 5.62. The summed E-state index contributed by atoms with van der Waals surface area (Å²) in [5, 5.41) is 0. The molecule has 28 heavy (non-hydrogen) atoms. The maximum absolute atomic E-state index is 13.2. The van der Waals surface area contributed by atoms with Gasteiger partial charge in [-0.05, 0) is 18.4 Å². The van der Waals surface area contributed by atoms with Crippen molar-refractivity contribution in [3.05, 3.63) is 47.7 Å². The third kappa shape index (κ3) is 3.72. The van der Waals surface area contributed by atoms with Crippen LogP contribution in [0.1, 0.15) is 28.8 Å². The van der Waals surface area contributed by atoms with Gasteiger partial charge in [-0.15, -0.1) is 0 Å². The number of carbonyl (C=O) groups excluding carboxylic acids is 1. The SMILES string of the molecule is COc1ncc(C(=O)C2CC3COCC(C2)N3Cc2ccccc2)c(OC)n1. The molecule has 148 valence electrons. The number of aromatic nitrogens is 2. The molecule has 2 fully saturated rings. The summed E-state index contributed by atoms with van der Waals surface area (Å²) in [4.78, 5) is 24.0. The summed E-state index contributed by atoms with van der Waals surface area (Å²) in [5.74, 6) is 0.220. The van der Waals surface area contributed by atoms with Gasteiger partial charge < -0.3 is 14.2 Å². The van der Waals surface area contributed by atoms with Crippen molar-refractivity contribution in [3.63, 3.8) is 0 Å². The van der Waals surface area contributed by atoms with Crippen LogP contribution in [0.15, 0.2) is 36.5 Å². The van der Waals surface area contributed by atoms with E-state index in [2.05, 4.69) is 39.1 Å². The van der Waals surface area contributed by atoms with Crippen LogP contribution in [-0.4, -0.2) is 60.2 Å². The van der Waals surface area contributed by atoms with Gasteiger partial charge in [-0.1, -0.05) is 30.3 Å². The third-order valence-corrected chi connectivity index (χ3v) is 5.62. The Bertz CT molecular complexity index is 816. The molecule has 0 N–H and O–H groups in total. The smallest absolute Gasteiger partial charge is 0.319 e. The zero-order valence-corrected chi connectivity index (χ0v) is 16.2. The van der Waals surface area contributed by atoms with Gasteiger partial charge in [0.15, 0.2) is 5.78 Å². The number of carbonyl (C=O) groups is 1. The molecule has 2 aromatic rings. The molecule has 0 spiro atoms. The zero-order valence-electron chi connectivity index (χ0n) is 16.2. The molecule has 0 radical (unpaired) electrons. The lowest BCUT2D eigenvalue weighted by atomic mass is 9.80. The minimum Gasteiger partial charge on any atom is -0.480 e. The molecule has 1 aromatic heterocycles. The molecule has 0 saturated carbocycles. The van der Waals surface area contributed by atoms with Crippen molar-refractivity contribution in [2.45, 2.75) is 31.5 Å². The molecule has 3 heterocycles. The van der Waals surface area contributed by atoms with Crippen molar-refractivity contribution in [1.82, 2.24) is 14.9 Å². The fourth-order valence-corrected chi connectivity index (χ4v) is 4.25. The summed E-state index contributed by atoms with van der Waals surface area (Å²) in [6, 6.07) is 11.1. The number of morpholine rings is 1. The number of Topliss-reactive ketones (excluding diaryl/α,β-unsaturated/α-hetero) is 1. The molecule has 0 amide bonds. The standard InChI is InChI=1S/C21H25N3O4/c1-26-20-18(10-22-21(23-20)27-2)19(25)15-8-16-12-28-13-17(9-15)24(16)11-14-6-4-3-5-7-14/h3-7,10,15-17H,8-9,11-13H2,1-2H3. The van der Waals surface area contributed by atoms with E-state index in [4.69, 9.17) is 14.2 Å². The van der Waals surface area contributed by atoms with Gasteiger partial charge in [-0.25, -0.2) is 4.98 Å². The van der Waals surface area contributed by atoms with E-state index in [1.807, 2.05) is 6.07 Å². The van der Waals surface area contributed by atoms with Crippen LogP contribution >= 0.6 is 0 Å². The van der Waals surface area contributed by atoms with Gasteiger partial charge in [0.25, 0.3) is 0 Å². The predicted octanol–water partition coefficient (Wildman–Crippen LogP) is 2.36. The van der Waals surface area contributed by atoms with Crippen molar-refractivity contribution in [3.8, 4) is 11.9 Å². The fourth-order valence-electron chi connectivity index (χ4n) is 4.25. The van der Waals surface area contributed by atoms with Crippen molar-refractivity contribution in [2.24, 2.45) is 5.92 Å². The summed E-state index contributed by atoms with van der Waals surface area (Å²) in [5.41, 5.74) is 1.71. The Morgan fingerprint density at radius 1 is 1.14 bits per heavy atom. The molecule has 7 heteroatoms. The maximum atomic E-state index is 13.2. The lowest BCUT2D eigenvalue weighted by Crippen LogP contribution is -2.57. The number of ketones is 1. The van der Waals surface area contributed by atoms with Gasteiger partial charge in [0, 0.05) is 30.7 Å². The first-order valence-corrected chi connectivity index (χ1v) is 9.56. The van der Waals surface area contributed by atoms with E-state index >= 15 is 0 Å². The van der Waals surface area contributed by atoms with Crippen LogP contribution < -0.4 is 9.47 Å². The molecule has 0 aliphatic carbocycles. The Labute approximate surface area is 164 Å². The lowest BCUT2D eigenvalue weighted by molar-refractivity contribution is -0.0873. The topological polar surface area (TPSA) is 73.8 Å². The molecule has 2 saturated heterocycles. The number of ether oxygens (including phenoxy) is 3. The van der Waals surface area contributed by atoms with Gasteiger partial charge in [-0.3, -0.25) is 9.69 Å². The number of benzene rings is 1. The van der Waals surface area contributed by atoms with Crippen LogP contribution in [0.2, 0.25) is 0 Å². The number of hydrogen-bond acceptors (Lipinski definition) is 7. The highest BCUT2D eigenvalue weighted by Crippen LogP contribution is 2.35. The Morgan fingerprint density at radius 3 is 2.50 bits per heavy atom. The molecule has 2 aliphatic rings. The molecular formula is C21H25N3O4. The largest absolute Gasteiger partial charge is 0.480 e. The molecule has 7 nitrogen and oxygen atoms in total. The highest BCUT2D eigenvalue weighted by Gasteiger charge is 2.42. The second-order valence-electron chi connectivity index (χ2n) is 7.32. The fraction of sp³-hybridized carbons (Fsp3) is 0.476. The predicted molar refractivity (Wildman–Crippen MR) is 103 cm³/mol. The van der Waals surface area contributed by atoms with Crippen LogP contribution in [0.5, 0.6) is 11.9 Å². The van der Waals surface area contributed by atoms with Crippen LogP contribution in [-0.2, 0) is 11.3 Å². The van der Waals surface area contributed by atoms with Crippen LogP contribution in [0.4, 0.5) is 0 Å². The summed E-state index contributed by atoms with van der Waals surface area (Å²) < 4.78 is 16.1. The summed E-state index contributed by atoms with van der Waals surface area (Å²) in [6.07, 6.45) is 3.03. The zero-order chi connectivity index (χ0) is 19.5. The van der Waals surface area contributed by atoms with Crippen LogP contribution in [0.25, 0.3) is 0 Å². The lowest BCUT2D eigenvalue weighted by Gasteiger charge is -2.48. The van der Waals surface area contributed by atoms with Crippen molar-refractivity contribution in [2.75, 3.05) is 27.4 Å². The van der Waals surface area contributed by atoms with Crippen LogP contribution in [0, 0.1) is 5.92 Å². The van der Waals surface area contributed by atoms with Gasteiger partial charge in [0.1, 0.15) is 0 Å². The highest BCUT2D eigenvalue weighted by molar-refractivity contribution is 5.99. The van der Waals surface area contributed by atoms with E-state index in [1.54, 1.807) is 0 Å². The monoisotopic (exact) mass is 383 g/mol. The highest BCUT2D eigenvalue weighted by atomic mass is 16.5. The minimum atomic E-state index is -0.0863. The number of fused-ring (bicyclic) bond motifs is 2. The quantitative estimate of drug-likeness (QED) is 0.709. The Morgan fingerprint density at radius 2 is 1.86 bits per heavy atom. The van der Waals surface area contributed by atoms with Crippen molar-refractivity contribution in [1.29, 1.82) is 0 Å². The molecule has 2 unspecified atom stereocenters. The van der Waals surface area contributed by atoms with E-state index in [1.165, 1.54) is 26.0 Å². The minimum absolute atomic E-state index is 0.0377. The first kappa shape index (κ1) is 18.8. The van der Waals surface area contributed by atoms with Gasteiger partial charge in [0.05, 0.1) is 33.0 Å². The second kappa shape index (κ2) is 8.24. The number of rotatable bonds is 6. The first-order valence-electron chi connectivity index (χ1n) is 9.56. The Balaban J connectivity index is 1.52. The molecule has 2 aliphatic heterocycles. The molecule has 2 bridgehead atoms. The van der Waals surface area contributed by atoms with Crippen molar-refractivity contribution < 1.29 is 19.0 Å². The van der Waals surface area contributed by atoms with E-state index in [0.29, 0.717) is 18.8 Å². The van der Waals surface area contributed by atoms with Gasteiger partial charge in [-0.2, -0.15) is 4.98 Å². The Hall–Kier alpha value is -2.51. The Kier molecular flexibility index (Phi) is 5.54. The van der Waals surface area contributed by atoms with Gasteiger partial charge in [0.2, 0.25) is 5.88 Å². The maximum Gasteiger partial charge on any atom is 0.319 e. The first-order chi connectivity index (χ1) is 13.7. The summed E-state index contributed by atoms with van der Waals surface area (Å²) in [7, 11) is 2.99. The average molecular weight is 383 g/mol.